The Hall–Kier alpha value is -1.01. The average Bonchev–Trinajstić information content (AvgIpc) is 2.41. The third-order valence-corrected chi connectivity index (χ3v) is 4.63. The third kappa shape index (κ3) is 3.51. The van der Waals surface area contributed by atoms with Crippen LogP contribution in [0, 0.1) is 30.1 Å². The zero-order valence-electron chi connectivity index (χ0n) is 11.5. The quantitative estimate of drug-likeness (QED) is 0.796. The maximum absolute atomic E-state index is 9.27. The van der Waals surface area contributed by atoms with E-state index in [1.54, 1.807) is 0 Å². The van der Waals surface area contributed by atoms with Crippen molar-refractivity contribution in [1.82, 2.24) is 0 Å². The molecule has 1 aromatic carbocycles. The minimum absolute atomic E-state index is 0.0241. The van der Waals surface area contributed by atoms with E-state index in [0.29, 0.717) is 5.92 Å². The van der Waals surface area contributed by atoms with Crippen LogP contribution in [-0.4, -0.2) is 6.10 Å². The molecule has 1 aliphatic rings. The van der Waals surface area contributed by atoms with Crippen LogP contribution in [0.5, 0.6) is 5.75 Å². The number of hydrogen-bond acceptors (Lipinski definition) is 2. The summed E-state index contributed by atoms with van der Waals surface area (Å²) in [6.07, 6.45) is 4.32. The number of rotatable bonds is 3. The van der Waals surface area contributed by atoms with Crippen molar-refractivity contribution in [2.45, 2.75) is 45.6 Å². The summed E-state index contributed by atoms with van der Waals surface area (Å²) in [5.41, 5.74) is 1.20. The van der Waals surface area contributed by atoms with E-state index >= 15 is 0 Å². The van der Waals surface area contributed by atoms with E-state index in [1.807, 2.05) is 12.1 Å². The Morgan fingerprint density at radius 1 is 1.42 bits per heavy atom. The zero-order chi connectivity index (χ0) is 13.8. The summed E-state index contributed by atoms with van der Waals surface area (Å²) in [5, 5.41) is 9.27. The van der Waals surface area contributed by atoms with E-state index in [1.165, 1.54) is 12.0 Å². The van der Waals surface area contributed by atoms with Gasteiger partial charge in [-0.15, -0.1) is 0 Å². The molecule has 19 heavy (non-hydrogen) atoms. The Balaban J connectivity index is 2.12. The summed E-state index contributed by atoms with van der Waals surface area (Å²) in [7, 11) is 0. The minimum atomic E-state index is 0.0241. The molecule has 0 aromatic heterocycles. The van der Waals surface area contributed by atoms with Gasteiger partial charge in [-0.05, 0) is 65.7 Å². The molecule has 2 rings (SSSR count). The molecule has 0 spiro atoms. The molecule has 0 amide bonds. The molecule has 1 aromatic rings. The molecule has 0 aliphatic heterocycles. The SMILES string of the molecule is CCC1CCC(C#N)C(Oc2ccc(C)cc2Br)C1. The smallest absolute Gasteiger partial charge is 0.133 e. The van der Waals surface area contributed by atoms with Gasteiger partial charge < -0.3 is 4.74 Å². The number of aryl methyl sites for hydroxylation is 1. The molecule has 2 nitrogen and oxygen atoms in total. The first-order valence-corrected chi connectivity index (χ1v) is 7.75. The lowest BCUT2D eigenvalue weighted by atomic mass is 9.79. The zero-order valence-corrected chi connectivity index (χ0v) is 13.1. The second-order valence-electron chi connectivity index (χ2n) is 5.41. The summed E-state index contributed by atoms with van der Waals surface area (Å²) in [6, 6.07) is 8.49. The van der Waals surface area contributed by atoms with Crippen LogP contribution >= 0.6 is 15.9 Å². The lowest BCUT2D eigenvalue weighted by Crippen LogP contribution is -2.33. The van der Waals surface area contributed by atoms with Gasteiger partial charge in [0.1, 0.15) is 11.9 Å². The molecule has 3 unspecified atom stereocenters. The monoisotopic (exact) mass is 321 g/mol. The Kier molecular flexibility index (Phi) is 4.87. The van der Waals surface area contributed by atoms with Gasteiger partial charge in [-0.3, -0.25) is 0 Å². The molecule has 3 heteroatoms. The number of benzene rings is 1. The Labute approximate surface area is 123 Å². The third-order valence-electron chi connectivity index (χ3n) is 4.01. The lowest BCUT2D eigenvalue weighted by Gasteiger charge is -2.32. The van der Waals surface area contributed by atoms with Crippen LogP contribution in [0.15, 0.2) is 22.7 Å². The molecule has 0 saturated heterocycles. The van der Waals surface area contributed by atoms with Crippen LogP contribution in [0.2, 0.25) is 0 Å². The number of halogens is 1. The maximum Gasteiger partial charge on any atom is 0.133 e. The normalized spacial score (nSPS) is 26.7. The number of hydrogen-bond donors (Lipinski definition) is 0. The van der Waals surface area contributed by atoms with Crippen molar-refractivity contribution in [1.29, 1.82) is 5.26 Å². The van der Waals surface area contributed by atoms with Crippen molar-refractivity contribution < 1.29 is 4.74 Å². The van der Waals surface area contributed by atoms with Crippen LogP contribution in [0.1, 0.15) is 38.2 Å². The van der Waals surface area contributed by atoms with Crippen LogP contribution in [-0.2, 0) is 0 Å². The number of nitrogens with zero attached hydrogens (tertiary/aromatic N) is 1. The molecule has 1 fully saturated rings. The number of ether oxygens (including phenoxy) is 1. The highest BCUT2D eigenvalue weighted by Crippen LogP contribution is 2.35. The van der Waals surface area contributed by atoms with Gasteiger partial charge in [-0.1, -0.05) is 19.4 Å². The maximum atomic E-state index is 9.27. The highest BCUT2D eigenvalue weighted by molar-refractivity contribution is 9.10. The fourth-order valence-corrected chi connectivity index (χ4v) is 3.31. The summed E-state index contributed by atoms with van der Waals surface area (Å²) >= 11 is 3.54. The predicted molar refractivity (Wildman–Crippen MR) is 80.0 cm³/mol. The van der Waals surface area contributed by atoms with Crippen LogP contribution < -0.4 is 4.74 Å². The molecule has 0 bridgehead atoms. The van der Waals surface area contributed by atoms with Gasteiger partial charge in [0.15, 0.2) is 0 Å². The fourth-order valence-electron chi connectivity index (χ4n) is 2.73. The standard InChI is InChI=1S/C16H20BrNO/c1-3-12-5-6-13(10-18)16(9-12)19-15-7-4-11(2)8-14(15)17/h4,7-8,12-13,16H,3,5-6,9H2,1-2H3. The molecule has 0 heterocycles. The molecular weight excluding hydrogens is 302 g/mol. The molecule has 3 atom stereocenters. The van der Waals surface area contributed by atoms with Crippen molar-refractivity contribution in [3.63, 3.8) is 0 Å². The molecule has 0 N–H and O–H groups in total. The van der Waals surface area contributed by atoms with E-state index in [-0.39, 0.29) is 12.0 Å². The van der Waals surface area contributed by atoms with Crippen molar-refractivity contribution in [2.24, 2.45) is 11.8 Å². The van der Waals surface area contributed by atoms with Gasteiger partial charge >= 0.3 is 0 Å². The van der Waals surface area contributed by atoms with Gasteiger partial charge in [-0.2, -0.15) is 5.26 Å². The van der Waals surface area contributed by atoms with Crippen molar-refractivity contribution in [2.75, 3.05) is 0 Å². The van der Waals surface area contributed by atoms with Crippen molar-refractivity contribution in [3.8, 4) is 11.8 Å². The molecule has 102 valence electrons. The molecule has 0 radical (unpaired) electrons. The van der Waals surface area contributed by atoms with E-state index < -0.39 is 0 Å². The second kappa shape index (κ2) is 6.43. The van der Waals surface area contributed by atoms with Gasteiger partial charge in [0, 0.05) is 0 Å². The summed E-state index contributed by atoms with van der Waals surface area (Å²) in [6.45, 7) is 4.27. The van der Waals surface area contributed by atoms with E-state index in [2.05, 4.69) is 41.9 Å². The molecular formula is C16H20BrNO. The van der Waals surface area contributed by atoms with Gasteiger partial charge in [0.2, 0.25) is 0 Å². The Morgan fingerprint density at radius 2 is 2.21 bits per heavy atom. The van der Waals surface area contributed by atoms with Crippen LogP contribution in [0.25, 0.3) is 0 Å². The van der Waals surface area contributed by atoms with Gasteiger partial charge in [0.25, 0.3) is 0 Å². The van der Waals surface area contributed by atoms with Crippen molar-refractivity contribution in [3.05, 3.63) is 28.2 Å². The first-order valence-electron chi connectivity index (χ1n) is 6.96. The highest BCUT2D eigenvalue weighted by atomic mass is 79.9. The lowest BCUT2D eigenvalue weighted by molar-refractivity contribution is 0.0885. The van der Waals surface area contributed by atoms with Crippen LogP contribution in [0.4, 0.5) is 0 Å². The summed E-state index contributed by atoms with van der Waals surface area (Å²) in [5.74, 6) is 1.57. The summed E-state index contributed by atoms with van der Waals surface area (Å²) in [4.78, 5) is 0. The largest absolute Gasteiger partial charge is 0.488 e. The second-order valence-corrected chi connectivity index (χ2v) is 6.27. The first kappa shape index (κ1) is 14.4. The Morgan fingerprint density at radius 3 is 2.84 bits per heavy atom. The van der Waals surface area contributed by atoms with Gasteiger partial charge in [-0.25, -0.2) is 0 Å². The minimum Gasteiger partial charge on any atom is -0.488 e. The average molecular weight is 322 g/mol. The summed E-state index contributed by atoms with van der Waals surface area (Å²) < 4.78 is 7.08. The Bertz CT molecular complexity index is 480. The van der Waals surface area contributed by atoms with Crippen molar-refractivity contribution >= 4 is 15.9 Å². The number of nitriles is 1. The highest BCUT2D eigenvalue weighted by Gasteiger charge is 2.31. The topological polar surface area (TPSA) is 33.0 Å². The van der Waals surface area contributed by atoms with Gasteiger partial charge in [0.05, 0.1) is 16.5 Å². The molecule has 1 aliphatic carbocycles. The van der Waals surface area contributed by atoms with E-state index in [4.69, 9.17) is 4.74 Å². The molecule has 1 saturated carbocycles. The van der Waals surface area contributed by atoms with E-state index in [9.17, 15) is 5.26 Å². The fraction of sp³-hybridized carbons (Fsp3) is 0.562. The predicted octanol–water partition coefficient (Wildman–Crippen LogP) is 4.85. The van der Waals surface area contributed by atoms with Crippen LogP contribution in [0.3, 0.4) is 0 Å². The van der Waals surface area contributed by atoms with E-state index in [0.717, 1.165) is 29.5 Å². The first-order chi connectivity index (χ1) is 9.13.